The molecule has 0 atom stereocenters. The number of rotatable bonds is 3. The standard InChI is InChI=1S/C10H9N3O3S/c1-2-9(14)12-10(17)11-7-3-5-8(6-4-7)13(15)16/h2-6H,1H2,(H2,11,12,14,17). The number of nitrogens with one attached hydrogen (secondary N) is 2. The van der Waals surface area contributed by atoms with Gasteiger partial charge in [0.2, 0.25) is 5.91 Å². The summed E-state index contributed by atoms with van der Waals surface area (Å²) < 4.78 is 0. The van der Waals surface area contributed by atoms with Gasteiger partial charge < -0.3 is 5.32 Å². The van der Waals surface area contributed by atoms with Crippen LogP contribution in [0.5, 0.6) is 0 Å². The molecule has 6 nitrogen and oxygen atoms in total. The van der Waals surface area contributed by atoms with Crippen LogP contribution in [0, 0.1) is 10.1 Å². The average molecular weight is 251 g/mol. The van der Waals surface area contributed by atoms with Crippen LogP contribution in [0.25, 0.3) is 0 Å². The Morgan fingerprint density at radius 3 is 2.47 bits per heavy atom. The lowest BCUT2D eigenvalue weighted by molar-refractivity contribution is -0.384. The van der Waals surface area contributed by atoms with Crippen molar-refractivity contribution in [3.8, 4) is 0 Å². The third kappa shape index (κ3) is 3.99. The maximum Gasteiger partial charge on any atom is 0.269 e. The van der Waals surface area contributed by atoms with Crippen LogP contribution in [-0.4, -0.2) is 15.9 Å². The van der Waals surface area contributed by atoms with Crippen LogP contribution in [0.4, 0.5) is 11.4 Å². The number of hydrogen-bond donors (Lipinski definition) is 2. The number of carbonyl (C=O) groups is 1. The van der Waals surface area contributed by atoms with E-state index < -0.39 is 10.8 Å². The fraction of sp³-hybridized carbons (Fsp3) is 0. The van der Waals surface area contributed by atoms with Crippen LogP contribution >= 0.6 is 12.2 Å². The van der Waals surface area contributed by atoms with E-state index in [0.29, 0.717) is 5.69 Å². The summed E-state index contributed by atoms with van der Waals surface area (Å²) in [7, 11) is 0. The van der Waals surface area contributed by atoms with Crippen molar-refractivity contribution < 1.29 is 9.72 Å². The predicted molar refractivity (Wildman–Crippen MR) is 67.7 cm³/mol. The lowest BCUT2D eigenvalue weighted by Gasteiger charge is -2.07. The van der Waals surface area contributed by atoms with E-state index in [2.05, 4.69) is 17.2 Å². The Labute approximate surface area is 102 Å². The summed E-state index contributed by atoms with van der Waals surface area (Å²) >= 11 is 4.84. The van der Waals surface area contributed by atoms with E-state index in [-0.39, 0.29) is 10.8 Å². The van der Waals surface area contributed by atoms with E-state index in [1.807, 2.05) is 0 Å². The molecule has 0 radical (unpaired) electrons. The van der Waals surface area contributed by atoms with Gasteiger partial charge in [0.15, 0.2) is 5.11 Å². The molecule has 0 saturated carbocycles. The van der Waals surface area contributed by atoms with E-state index in [4.69, 9.17) is 12.2 Å². The number of nitro groups is 1. The van der Waals surface area contributed by atoms with Crippen molar-refractivity contribution >= 4 is 34.6 Å². The molecule has 0 aliphatic rings. The van der Waals surface area contributed by atoms with Crippen LogP contribution < -0.4 is 10.6 Å². The molecule has 0 bridgehead atoms. The Kier molecular flexibility index (Phi) is 4.29. The smallest absolute Gasteiger partial charge is 0.269 e. The van der Waals surface area contributed by atoms with E-state index in [1.165, 1.54) is 24.3 Å². The molecule has 1 amide bonds. The number of non-ortho nitro benzene ring substituents is 1. The molecule has 0 aromatic heterocycles. The third-order valence-corrected chi connectivity index (χ3v) is 1.96. The number of anilines is 1. The van der Waals surface area contributed by atoms with Gasteiger partial charge >= 0.3 is 0 Å². The highest BCUT2D eigenvalue weighted by Gasteiger charge is 2.05. The summed E-state index contributed by atoms with van der Waals surface area (Å²) in [5, 5.41) is 15.6. The number of carbonyl (C=O) groups excluding carboxylic acids is 1. The van der Waals surface area contributed by atoms with Gasteiger partial charge in [-0.05, 0) is 30.4 Å². The minimum absolute atomic E-state index is 0.0170. The van der Waals surface area contributed by atoms with E-state index in [0.717, 1.165) is 6.08 Å². The fourth-order valence-corrected chi connectivity index (χ4v) is 1.21. The average Bonchev–Trinajstić information content (AvgIpc) is 2.29. The largest absolute Gasteiger partial charge is 0.332 e. The molecule has 0 fully saturated rings. The van der Waals surface area contributed by atoms with E-state index >= 15 is 0 Å². The summed E-state index contributed by atoms with van der Waals surface area (Å²) in [5.41, 5.74) is 0.529. The Morgan fingerprint density at radius 1 is 1.41 bits per heavy atom. The lowest BCUT2D eigenvalue weighted by atomic mass is 10.3. The Balaban J connectivity index is 2.63. The first kappa shape index (κ1) is 12.8. The highest BCUT2D eigenvalue weighted by atomic mass is 32.1. The number of benzene rings is 1. The van der Waals surface area contributed by atoms with Crippen molar-refractivity contribution in [2.24, 2.45) is 0 Å². The molecule has 1 aromatic rings. The van der Waals surface area contributed by atoms with Crippen molar-refractivity contribution in [3.63, 3.8) is 0 Å². The first-order chi connectivity index (χ1) is 8.02. The summed E-state index contributed by atoms with van der Waals surface area (Å²) in [4.78, 5) is 20.8. The van der Waals surface area contributed by atoms with Crippen molar-refractivity contribution in [2.45, 2.75) is 0 Å². The molecule has 0 heterocycles. The molecule has 0 unspecified atom stereocenters. The zero-order chi connectivity index (χ0) is 12.8. The second-order valence-electron chi connectivity index (χ2n) is 2.95. The van der Waals surface area contributed by atoms with Gasteiger partial charge in [-0.1, -0.05) is 6.58 Å². The molecular formula is C10H9N3O3S. The SMILES string of the molecule is C=CC(=O)NC(=S)Nc1ccc([N+](=O)[O-])cc1. The highest BCUT2D eigenvalue weighted by molar-refractivity contribution is 7.80. The fourth-order valence-electron chi connectivity index (χ4n) is 0.992. The topological polar surface area (TPSA) is 84.3 Å². The quantitative estimate of drug-likeness (QED) is 0.369. The zero-order valence-electron chi connectivity index (χ0n) is 8.67. The van der Waals surface area contributed by atoms with Gasteiger partial charge in [-0.15, -0.1) is 0 Å². The maximum atomic E-state index is 10.9. The molecule has 7 heteroatoms. The van der Waals surface area contributed by atoms with Crippen LogP contribution in [0.1, 0.15) is 0 Å². The molecule has 88 valence electrons. The summed E-state index contributed by atoms with van der Waals surface area (Å²) in [5.74, 6) is -0.426. The Morgan fingerprint density at radius 2 is 2.00 bits per heavy atom. The molecule has 0 aliphatic heterocycles. The summed E-state index contributed by atoms with van der Waals surface area (Å²) in [6, 6.07) is 5.65. The normalized spacial score (nSPS) is 9.18. The molecule has 2 N–H and O–H groups in total. The van der Waals surface area contributed by atoms with Crippen LogP contribution in [-0.2, 0) is 4.79 Å². The molecule has 1 aromatic carbocycles. The van der Waals surface area contributed by atoms with Gasteiger partial charge in [0.1, 0.15) is 0 Å². The van der Waals surface area contributed by atoms with Crippen molar-refractivity contribution in [3.05, 3.63) is 47.0 Å². The first-order valence-corrected chi connectivity index (χ1v) is 4.92. The van der Waals surface area contributed by atoms with Crippen LogP contribution in [0.3, 0.4) is 0 Å². The molecular weight excluding hydrogens is 242 g/mol. The van der Waals surface area contributed by atoms with Gasteiger partial charge in [-0.3, -0.25) is 20.2 Å². The minimum Gasteiger partial charge on any atom is -0.332 e. The molecule has 0 aliphatic carbocycles. The lowest BCUT2D eigenvalue weighted by Crippen LogP contribution is -2.32. The number of nitrogens with zero attached hydrogens (tertiary/aromatic N) is 1. The summed E-state index contributed by atoms with van der Waals surface area (Å²) in [6.45, 7) is 3.28. The molecule has 0 saturated heterocycles. The Bertz CT molecular complexity index is 470. The number of amides is 1. The van der Waals surface area contributed by atoms with Gasteiger partial charge in [0, 0.05) is 17.8 Å². The van der Waals surface area contributed by atoms with Gasteiger partial charge in [-0.25, -0.2) is 0 Å². The van der Waals surface area contributed by atoms with E-state index in [1.54, 1.807) is 0 Å². The summed E-state index contributed by atoms with van der Waals surface area (Å²) in [6.07, 6.45) is 1.09. The van der Waals surface area contributed by atoms with Crippen LogP contribution in [0.2, 0.25) is 0 Å². The highest BCUT2D eigenvalue weighted by Crippen LogP contribution is 2.15. The second kappa shape index (κ2) is 5.71. The minimum atomic E-state index is -0.498. The van der Waals surface area contributed by atoms with E-state index in [9.17, 15) is 14.9 Å². The second-order valence-corrected chi connectivity index (χ2v) is 3.36. The predicted octanol–water partition coefficient (Wildman–Crippen LogP) is 1.59. The zero-order valence-corrected chi connectivity index (χ0v) is 9.49. The van der Waals surface area contributed by atoms with Gasteiger partial charge in [0.05, 0.1) is 4.92 Å². The monoisotopic (exact) mass is 251 g/mol. The van der Waals surface area contributed by atoms with Gasteiger partial charge in [0.25, 0.3) is 5.69 Å². The van der Waals surface area contributed by atoms with Crippen molar-refractivity contribution in [1.82, 2.24) is 5.32 Å². The van der Waals surface area contributed by atoms with Crippen molar-refractivity contribution in [1.29, 1.82) is 0 Å². The number of thiocarbonyl (C=S) groups is 1. The molecule has 1 rings (SSSR count). The molecule has 0 spiro atoms. The number of hydrogen-bond acceptors (Lipinski definition) is 4. The van der Waals surface area contributed by atoms with Crippen molar-refractivity contribution in [2.75, 3.05) is 5.32 Å². The first-order valence-electron chi connectivity index (χ1n) is 4.52. The third-order valence-electron chi connectivity index (χ3n) is 1.76. The Hall–Kier alpha value is -2.28. The van der Waals surface area contributed by atoms with Gasteiger partial charge in [-0.2, -0.15) is 0 Å². The molecule has 17 heavy (non-hydrogen) atoms. The number of nitro benzene ring substituents is 1. The van der Waals surface area contributed by atoms with Crippen LogP contribution in [0.15, 0.2) is 36.9 Å². The maximum absolute atomic E-state index is 10.9.